The molecular formula is C70H114O6. The van der Waals surface area contributed by atoms with Gasteiger partial charge in [0, 0.05) is 19.3 Å². The van der Waals surface area contributed by atoms with Crippen LogP contribution in [0, 0.1) is 0 Å². The van der Waals surface area contributed by atoms with E-state index in [4.69, 9.17) is 14.2 Å². The lowest BCUT2D eigenvalue weighted by Gasteiger charge is -2.18. The van der Waals surface area contributed by atoms with Crippen LogP contribution in [0.2, 0.25) is 0 Å². The van der Waals surface area contributed by atoms with Crippen molar-refractivity contribution < 1.29 is 28.6 Å². The van der Waals surface area contributed by atoms with Crippen LogP contribution in [0.3, 0.4) is 0 Å². The summed E-state index contributed by atoms with van der Waals surface area (Å²) < 4.78 is 16.9. The van der Waals surface area contributed by atoms with E-state index in [1.807, 2.05) is 0 Å². The Morgan fingerprint density at radius 1 is 0.276 bits per heavy atom. The van der Waals surface area contributed by atoms with Gasteiger partial charge in [0.25, 0.3) is 0 Å². The van der Waals surface area contributed by atoms with Crippen molar-refractivity contribution in [3.63, 3.8) is 0 Å². The zero-order chi connectivity index (χ0) is 55.0. The largest absolute Gasteiger partial charge is 0.462 e. The molecule has 0 rings (SSSR count). The third-order valence-electron chi connectivity index (χ3n) is 12.9. The molecule has 0 spiro atoms. The summed E-state index contributed by atoms with van der Waals surface area (Å²) in [5, 5.41) is 0. The molecule has 0 aromatic rings. The first kappa shape index (κ1) is 71.5. The van der Waals surface area contributed by atoms with Crippen LogP contribution < -0.4 is 0 Å². The summed E-state index contributed by atoms with van der Waals surface area (Å²) in [6.45, 7) is 6.36. The van der Waals surface area contributed by atoms with Gasteiger partial charge in [-0.2, -0.15) is 0 Å². The van der Waals surface area contributed by atoms with Gasteiger partial charge in [0.2, 0.25) is 0 Å². The monoisotopic (exact) mass is 1050 g/mol. The van der Waals surface area contributed by atoms with E-state index in [0.717, 1.165) is 116 Å². The van der Waals surface area contributed by atoms with E-state index >= 15 is 0 Å². The van der Waals surface area contributed by atoms with Crippen LogP contribution >= 0.6 is 0 Å². The number of carbonyl (C=O) groups is 3. The smallest absolute Gasteiger partial charge is 0.306 e. The lowest BCUT2D eigenvalue weighted by Crippen LogP contribution is -2.30. The molecule has 1 atom stereocenters. The lowest BCUT2D eigenvalue weighted by molar-refractivity contribution is -0.167. The Morgan fingerprint density at radius 3 is 0.868 bits per heavy atom. The molecule has 0 heterocycles. The van der Waals surface area contributed by atoms with E-state index in [0.29, 0.717) is 19.3 Å². The number of carbonyl (C=O) groups excluding carboxylic acids is 3. The molecule has 430 valence electrons. The zero-order valence-electron chi connectivity index (χ0n) is 49.2. The molecule has 0 N–H and O–H groups in total. The van der Waals surface area contributed by atoms with Crippen LogP contribution in [0.4, 0.5) is 0 Å². The highest BCUT2D eigenvalue weighted by Crippen LogP contribution is 2.15. The maximum absolute atomic E-state index is 12.9. The Labute approximate surface area is 468 Å². The molecule has 76 heavy (non-hydrogen) atoms. The summed E-state index contributed by atoms with van der Waals surface area (Å²) in [7, 11) is 0. The van der Waals surface area contributed by atoms with Crippen molar-refractivity contribution >= 4 is 17.9 Å². The van der Waals surface area contributed by atoms with Crippen molar-refractivity contribution in [2.75, 3.05) is 13.2 Å². The molecular weight excluding hydrogens is 937 g/mol. The lowest BCUT2D eigenvalue weighted by atomic mass is 10.1. The first-order valence-corrected chi connectivity index (χ1v) is 31.2. The van der Waals surface area contributed by atoms with Gasteiger partial charge >= 0.3 is 17.9 Å². The van der Waals surface area contributed by atoms with E-state index in [-0.39, 0.29) is 37.5 Å². The van der Waals surface area contributed by atoms with E-state index < -0.39 is 6.10 Å². The SMILES string of the molecule is CC/C=C\C/C=C\C/C=C\C/C=C\C/C=C\C/C=C\C/C=C\CCCC(=O)OCC(COC(=O)CCCCCCCCC/C=C\C/C=C\C/C=C\CC)OC(=O)CCCCCCCCC/C=C\CCCCCCCCC. The number of hydrogen-bond acceptors (Lipinski definition) is 6. The van der Waals surface area contributed by atoms with Crippen molar-refractivity contribution in [2.45, 2.75) is 277 Å². The first-order valence-electron chi connectivity index (χ1n) is 31.2. The van der Waals surface area contributed by atoms with E-state index in [9.17, 15) is 14.4 Å². The summed E-state index contributed by atoms with van der Waals surface area (Å²) in [6.07, 6.45) is 88.8. The fourth-order valence-corrected chi connectivity index (χ4v) is 8.26. The summed E-state index contributed by atoms with van der Waals surface area (Å²) in [4.78, 5) is 38.3. The average Bonchev–Trinajstić information content (AvgIpc) is 3.42. The summed E-state index contributed by atoms with van der Waals surface area (Å²) >= 11 is 0. The number of hydrogen-bond donors (Lipinski definition) is 0. The van der Waals surface area contributed by atoms with Crippen LogP contribution in [-0.2, 0) is 28.6 Å². The maximum Gasteiger partial charge on any atom is 0.306 e. The van der Waals surface area contributed by atoms with Gasteiger partial charge in [-0.1, -0.05) is 257 Å². The van der Waals surface area contributed by atoms with Gasteiger partial charge < -0.3 is 14.2 Å². The standard InChI is InChI=1S/C70H114O6/c1-4-7-10-13-16-19-22-25-28-31-33-34-35-36-37-40-42-45-48-51-54-57-60-63-69(72)75-66-67(65-74-68(71)62-59-56-53-50-47-44-41-38-30-27-24-21-18-15-12-9-6-3)76-70(73)64-61-58-55-52-49-46-43-39-32-29-26-23-20-17-14-11-8-5-2/h7,9-10,12,16,18-19,21,25,27-30,32-34,36-37,42,45,51,54,67H,4-6,8,11,13-15,17,20,22-24,26,31,35,38-41,43-44,46-50,52-53,55-66H2,1-3H3/b10-7-,12-9-,19-16-,21-18-,28-25-,30-27-,32-29-,34-33-,37-36-,45-42-,54-51-. The van der Waals surface area contributed by atoms with Gasteiger partial charge in [0.1, 0.15) is 13.2 Å². The molecule has 0 radical (unpaired) electrons. The Balaban J connectivity index is 4.52. The number of esters is 3. The predicted octanol–water partition coefficient (Wildman–Crippen LogP) is 21.4. The molecule has 0 bridgehead atoms. The van der Waals surface area contributed by atoms with Gasteiger partial charge in [-0.25, -0.2) is 0 Å². The number of unbranched alkanes of at least 4 members (excludes halogenated alkanes) is 22. The topological polar surface area (TPSA) is 78.9 Å². The van der Waals surface area contributed by atoms with Gasteiger partial charge in [-0.15, -0.1) is 0 Å². The highest BCUT2D eigenvalue weighted by molar-refractivity contribution is 5.71. The van der Waals surface area contributed by atoms with Crippen LogP contribution in [0.25, 0.3) is 0 Å². The Hall–Kier alpha value is -4.45. The van der Waals surface area contributed by atoms with Crippen LogP contribution in [0.15, 0.2) is 134 Å². The van der Waals surface area contributed by atoms with Crippen LogP contribution in [0.5, 0.6) is 0 Å². The molecule has 0 aromatic carbocycles. The Morgan fingerprint density at radius 2 is 0.526 bits per heavy atom. The minimum Gasteiger partial charge on any atom is -0.462 e. The van der Waals surface area contributed by atoms with E-state index in [1.54, 1.807) is 0 Å². The number of allylic oxidation sites excluding steroid dienone is 22. The minimum atomic E-state index is -0.814. The maximum atomic E-state index is 12.9. The molecule has 0 saturated carbocycles. The normalized spacial score (nSPS) is 13.0. The Bertz CT molecular complexity index is 1630. The van der Waals surface area contributed by atoms with Crippen molar-refractivity contribution in [1.82, 2.24) is 0 Å². The van der Waals surface area contributed by atoms with Gasteiger partial charge in [0.05, 0.1) is 0 Å². The van der Waals surface area contributed by atoms with Crippen molar-refractivity contribution in [1.29, 1.82) is 0 Å². The van der Waals surface area contributed by atoms with E-state index in [2.05, 4.69) is 154 Å². The van der Waals surface area contributed by atoms with Crippen molar-refractivity contribution in [3.05, 3.63) is 134 Å². The van der Waals surface area contributed by atoms with Gasteiger partial charge in [-0.05, 0) is 128 Å². The minimum absolute atomic E-state index is 0.107. The third-order valence-corrected chi connectivity index (χ3v) is 12.9. The molecule has 0 aliphatic rings. The highest BCUT2D eigenvalue weighted by Gasteiger charge is 2.19. The molecule has 0 aliphatic carbocycles. The number of ether oxygens (including phenoxy) is 3. The van der Waals surface area contributed by atoms with Crippen LogP contribution in [-0.4, -0.2) is 37.2 Å². The zero-order valence-corrected chi connectivity index (χ0v) is 49.2. The molecule has 0 amide bonds. The number of rotatable bonds is 55. The summed E-state index contributed by atoms with van der Waals surface area (Å²) in [5.41, 5.74) is 0. The summed E-state index contributed by atoms with van der Waals surface area (Å²) in [6, 6.07) is 0. The molecule has 6 heteroatoms. The molecule has 6 nitrogen and oxygen atoms in total. The second-order valence-corrected chi connectivity index (χ2v) is 20.2. The first-order chi connectivity index (χ1) is 37.5. The molecule has 0 saturated heterocycles. The average molecular weight is 1050 g/mol. The molecule has 0 aromatic heterocycles. The fourth-order valence-electron chi connectivity index (χ4n) is 8.26. The second kappa shape index (κ2) is 63.1. The molecule has 0 aliphatic heterocycles. The quantitative estimate of drug-likeness (QED) is 0.0261. The molecule has 0 fully saturated rings. The fraction of sp³-hybridized carbons (Fsp3) is 0.643. The molecule has 1 unspecified atom stereocenters. The van der Waals surface area contributed by atoms with Crippen LogP contribution in [0.1, 0.15) is 271 Å². The predicted molar refractivity (Wildman–Crippen MR) is 329 cm³/mol. The highest BCUT2D eigenvalue weighted by atomic mass is 16.6. The van der Waals surface area contributed by atoms with E-state index in [1.165, 1.54) is 109 Å². The van der Waals surface area contributed by atoms with Crippen molar-refractivity contribution in [3.8, 4) is 0 Å². The second-order valence-electron chi connectivity index (χ2n) is 20.2. The Kier molecular flexibility index (Phi) is 59.4. The van der Waals surface area contributed by atoms with Crippen molar-refractivity contribution in [2.24, 2.45) is 0 Å². The van der Waals surface area contributed by atoms with Gasteiger partial charge in [-0.3, -0.25) is 14.4 Å². The van der Waals surface area contributed by atoms with Gasteiger partial charge in [0.15, 0.2) is 6.10 Å². The third kappa shape index (κ3) is 60.4. The summed E-state index contributed by atoms with van der Waals surface area (Å²) in [5.74, 6) is -0.980.